The van der Waals surface area contributed by atoms with Crippen molar-refractivity contribution in [2.45, 2.75) is 52.2 Å². The first kappa shape index (κ1) is 18.8. The molecular formula is C18H25BrN2O3. The molecule has 1 fully saturated rings. The van der Waals surface area contributed by atoms with Crippen LogP contribution in [0.1, 0.15) is 39.7 Å². The van der Waals surface area contributed by atoms with Gasteiger partial charge in [0.2, 0.25) is 5.91 Å². The van der Waals surface area contributed by atoms with Crippen LogP contribution in [0.5, 0.6) is 0 Å². The predicted molar refractivity (Wildman–Crippen MR) is 96.5 cm³/mol. The third-order valence-corrected chi connectivity index (χ3v) is 5.10. The van der Waals surface area contributed by atoms with Gasteiger partial charge in [-0.15, -0.1) is 0 Å². The molecule has 2 rings (SSSR count). The summed E-state index contributed by atoms with van der Waals surface area (Å²) in [7, 11) is 0. The summed E-state index contributed by atoms with van der Waals surface area (Å²) < 4.78 is 6.40. The number of halogens is 1. The Morgan fingerprint density at radius 1 is 1.38 bits per heavy atom. The number of rotatable bonds is 3. The van der Waals surface area contributed by atoms with Crippen molar-refractivity contribution in [2.75, 3.05) is 6.54 Å². The molecule has 2 atom stereocenters. The zero-order chi connectivity index (χ0) is 18.1. The maximum absolute atomic E-state index is 12.4. The van der Waals surface area contributed by atoms with Crippen LogP contribution < -0.4 is 5.73 Å². The fourth-order valence-corrected chi connectivity index (χ4v) is 3.61. The van der Waals surface area contributed by atoms with Gasteiger partial charge in [-0.3, -0.25) is 4.79 Å². The van der Waals surface area contributed by atoms with Gasteiger partial charge in [0.15, 0.2) is 0 Å². The summed E-state index contributed by atoms with van der Waals surface area (Å²) in [4.78, 5) is 26.3. The van der Waals surface area contributed by atoms with Crippen LogP contribution in [0.4, 0.5) is 4.79 Å². The minimum absolute atomic E-state index is 0.102. The SMILES string of the molecule is CC1CC(Cc2ccccc2Br)(C(N)=O)CN1C(=O)OC(C)(C)C. The van der Waals surface area contributed by atoms with Crippen molar-refractivity contribution in [3.8, 4) is 0 Å². The number of likely N-dealkylation sites (tertiary alicyclic amines) is 1. The van der Waals surface area contributed by atoms with E-state index in [1.54, 1.807) is 4.90 Å². The summed E-state index contributed by atoms with van der Waals surface area (Å²) in [6.07, 6.45) is 0.626. The molecule has 0 spiro atoms. The minimum atomic E-state index is -0.778. The molecule has 1 aliphatic rings. The zero-order valence-corrected chi connectivity index (χ0v) is 16.2. The molecule has 0 saturated carbocycles. The highest BCUT2D eigenvalue weighted by Gasteiger charge is 2.49. The lowest BCUT2D eigenvalue weighted by atomic mass is 9.79. The Balaban J connectivity index is 2.24. The van der Waals surface area contributed by atoms with Crippen molar-refractivity contribution in [1.82, 2.24) is 4.90 Å². The average molecular weight is 397 g/mol. The molecule has 0 aromatic heterocycles. The molecule has 1 heterocycles. The second-order valence-electron chi connectivity index (χ2n) is 7.57. The first-order valence-electron chi connectivity index (χ1n) is 8.07. The number of benzene rings is 1. The van der Waals surface area contributed by atoms with E-state index in [4.69, 9.17) is 10.5 Å². The quantitative estimate of drug-likeness (QED) is 0.849. The predicted octanol–water partition coefficient (Wildman–Crippen LogP) is 3.49. The first-order chi connectivity index (χ1) is 11.0. The van der Waals surface area contributed by atoms with Crippen molar-refractivity contribution in [3.63, 3.8) is 0 Å². The van der Waals surface area contributed by atoms with Gasteiger partial charge in [-0.1, -0.05) is 34.1 Å². The molecule has 2 amide bonds. The standard InChI is InChI=1S/C18H25BrN2O3/c1-12-9-18(15(20)22,10-13-7-5-6-8-14(13)19)11-21(12)16(23)24-17(2,3)4/h5-8,12H,9-11H2,1-4H3,(H2,20,22). The zero-order valence-electron chi connectivity index (χ0n) is 14.6. The fraction of sp³-hybridized carbons (Fsp3) is 0.556. The van der Waals surface area contributed by atoms with E-state index in [2.05, 4.69) is 15.9 Å². The van der Waals surface area contributed by atoms with E-state index in [1.165, 1.54) is 0 Å². The number of ether oxygens (including phenoxy) is 1. The normalized spacial score (nSPS) is 24.0. The molecule has 0 radical (unpaired) electrons. The highest BCUT2D eigenvalue weighted by molar-refractivity contribution is 9.10. The summed E-state index contributed by atoms with van der Waals surface area (Å²) in [6.45, 7) is 7.69. The maximum Gasteiger partial charge on any atom is 0.410 e. The molecule has 0 aliphatic carbocycles. The molecule has 2 unspecified atom stereocenters. The van der Waals surface area contributed by atoms with Gasteiger partial charge >= 0.3 is 6.09 Å². The molecule has 0 bridgehead atoms. The molecule has 1 saturated heterocycles. The Morgan fingerprint density at radius 2 is 2.00 bits per heavy atom. The van der Waals surface area contributed by atoms with Crippen LogP contribution in [0.2, 0.25) is 0 Å². The third kappa shape index (κ3) is 4.09. The summed E-state index contributed by atoms with van der Waals surface area (Å²) in [5, 5.41) is 0. The lowest BCUT2D eigenvalue weighted by Crippen LogP contribution is -2.44. The number of hydrogen-bond acceptors (Lipinski definition) is 3. The lowest BCUT2D eigenvalue weighted by Gasteiger charge is -2.28. The van der Waals surface area contributed by atoms with Crippen LogP contribution in [0.15, 0.2) is 28.7 Å². The number of carbonyl (C=O) groups is 2. The van der Waals surface area contributed by atoms with Crippen molar-refractivity contribution in [3.05, 3.63) is 34.3 Å². The van der Waals surface area contributed by atoms with Gasteiger partial charge in [0.05, 0.1) is 5.41 Å². The van der Waals surface area contributed by atoms with E-state index in [1.807, 2.05) is 52.0 Å². The number of carbonyl (C=O) groups excluding carboxylic acids is 2. The second-order valence-corrected chi connectivity index (χ2v) is 8.43. The number of amides is 2. The number of hydrogen-bond donors (Lipinski definition) is 1. The molecule has 132 valence electrons. The Bertz CT molecular complexity index is 641. The minimum Gasteiger partial charge on any atom is -0.444 e. The van der Waals surface area contributed by atoms with Crippen molar-refractivity contribution in [1.29, 1.82) is 0 Å². The lowest BCUT2D eigenvalue weighted by molar-refractivity contribution is -0.127. The van der Waals surface area contributed by atoms with Gasteiger partial charge in [0.1, 0.15) is 5.60 Å². The molecule has 1 aliphatic heterocycles. The Hall–Kier alpha value is -1.56. The third-order valence-electron chi connectivity index (χ3n) is 4.33. The van der Waals surface area contributed by atoms with Crippen LogP contribution in [-0.2, 0) is 16.0 Å². The first-order valence-corrected chi connectivity index (χ1v) is 8.86. The molecule has 6 heteroatoms. The van der Waals surface area contributed by atoms with Crippen LogP contribution in [-0.4, -0.2) is 35.1 Å². The van der Waals surface area contributed by atoms with Gasteiger partial charge in [-0.05, 0) is 52.2 Å². The monoisotopic (exact) mass is 396 g/mol. The van der Waals surface area contributed by atoms with Gasteiger partial charge in [-0.25, -0.2) is 4.79 Å². The topological polar surface area (TPSA) is 72.6 Å². The smallest absolute Gasteiger partial charge is 0.410 e. The van der Waals surface area contributed by atoms with Crippen molar-refractivity contribution >= 4 is 27.9 Å². The van der Waals surface area contributed by atoms with Crippen molar-refractivity contribution in [2.24, 2.45) is 11.1 Å². The summed E-state index contributed by atoms with van der Waals surface area (Å²) in [5.41, 5.74) is 5.41. The van der Waals surface area contributed by atoms with E-state index in [0.29, 0.717) is 12.8 Å². The van der Waals surface area contributed by atoms with Gasteiger partial charge in [-0.2, -0.15) is 0 Å². The van der Waals surface area contributed by atoms with Crippen LogP contribution >= 0.6 is 15.9 Å². The van der Waals surface area contributed by atoms with Crippen LogP contribution in [0.3, 0.4) is 0 Å². The molecule has 5 nitrogen and oxygen atoms in total. The highest BCUT2D eigenvalue weighted by Crippen LogP contribution is 2.39. The van der Waals surface area contributed by atoms with Crippen LogP contribution in [0, 0.1) is 5.41 Å². The fourth-order valence-electron chi connectivity index (χ4n) is 3.19. The highest BCUT2D eigenvalue weighted by atomic mass is 79.9. The van der Waals surface area contributed by atoms with E-state index in [0.717, 1.165) is 10.0 Å². The van der Waals surface area contributed by atoms with Crippen LogP contribution in [0.25, 0.3) is 0 Å². The summed E-state index contributed by atoms with van der Waals surface area (Å²) in [6, 6.07) is 7.66. The van der Waals surface area contributed by atoms with Gasteiger partial charge in [0, 0.05) is 17.1 Å². The average Bonchev–Trinajstić information content (AvgIpc) is 2.78. The second kappa shape index (κ2) is 6.75. The van der Waals surface area contributed by atoms with E-state index in [-0.39, 0.29) is 18.5 Å². The summed E-state index contributed by atoms with van der Waals surface area (Å²) >= 11 is 3.52. The summed E-state index contributed by atoms with van der Waals surface area (Å²) in [5.74, 6) is -0.379. The molecule has 24 heavy (non-hydrogen) atoms. The van der Waals surface area contributed by atoms with Crippen molar-refractivity contribution < 1.29 is 14.3 Å². The molecule has 1 aromatic carbocycles. The molecule has 1 aromatic rings. The number of nitrogens with zero attached hydrogens (tertiary/aromatic N) is 1. The number of primary amides is 1. The molecular weight excluding hydrogens is 372 g/mol. The van der Waals surface area contributed by atoms with E-state index < -0.39 is 17.1 Å². The Morgan fingerprint density at radius 3 is 2.54 bits per heavy atom. The Labute approximate surface area is 151 Å². The largest absolute Gasteiger partial charge is 0.444 e. The number of nitrogens with two attached hydrogens (primary N) is 1. The molecule has 2 N–H and O–H groups in total. The van der Waals surface area contributed by atoms with Gasteiger partial charge in [0.25, 0.3) is 0 Å². The van der Waals surface area contributed by atoms with E-state index >= 15 is 0 Å². The Kier molecular flexibility index (Phi) is 5.28. The van der Waals surface area contributed by atoms with E-state index in [9.17, 15) is 9.59 Å². The maximum atomic E-state index is 12.4. The van der Waals surface area contributed by atoms with Gasteiger partial charge < -0.3 is 15.4 Å².